The number of anilines is 1. The van der Waals surface area contributed by atoms with Gasteiger partial charge in [-0.1, -0.05) is 0 Å². The first-order valence-electron chi connectivity index (χ1n) is 5.77. The number of nitrogens with one attached hydrogen (secondary N) is 1. The summed E-state index contributed by atoms with van der Waals surface area (Å²) in [6.07, 6.45) is 0. The zero-order valence-corrected chi connectivity index (χ0v) is 11.1. The van der Waals surface area contributed by atoms with Crippen molar-refractivity contribution in [1.82, 2.24) is 14.9 Å². The van der Waals surface area contributed by atoms with E-state index < -0.39 is 0 Å². The van der Waals surface area contributed by atoms with E-state index in [1.807, 2.05) is 33.8 Å². The highest BCUT2D eigenvalue weighted by atomic mass is 16.2. The zero-order chi connectivity index (χ0) is 13.0. The van der Waals surface area contributed by atoms with Gasteiger partial charge in [0, 0.05) is 25.4 Å². The van der Waals surface area contributed by atoms with E-state index in [1.54, 1.807) is 11.9 Å². The number of rotatable bonds is 4. The summed E-state index contributed by atoms with van der Waals surface area (Å²) in [5, 5.41) is 3.10. The average molecular weight is 236 g/mol. The second-order valence-corrected chi connectivity index (χ2v) is 4.16. The molecule has 1 rings (SSSR count). The van der Waals surface area contributed by atoms with E-state index >= 15 is 0 Å². The summed E-state index contributed by atoms with van der Waals surface area (Å²) in [6, 6.07) is 1.55. The third kappa shape index (κ3) is 3.69. The third-order valence-electron chi connectivity index (χ3n) is 2.55. The third-order valence-corrected chi connectivity index (χ3v) is 2.55. The Morgan fingerprint density at radius 2 is 2.12 bits per heavy atom. The smallest absolute Gasteiger partial charge is 0.244 e. The van der Waals surface area contributed by atoms with E-state index in [1.165, 1.54) is 0 Å². The average Bonchev–Trinajstić information content (AvgIpc) is 2.25. The van der Waals surface area contributed by atoms with Crippen molar-refractivity contribution >= 4 is 11.7 Å². The minimum Gasteiger partial charge on any atom is -0.359 e. The molecule has 1 aromatic heterocycles. The largest absolute Gasteiger partial charge is 0.359 e. The van der Waals surface area contributed by atoms with Crippen LogP contribution in [0.25, 0.3) is 0 Å². The van der Waals surface area contributed by atoms with Gasteiger partial charge >= 0.3 is 0 Å². The van der Waals surface area contributed by atoms with Gasteiger partial charge in [-0.3, -0.25) is 4.79 Å². The molecule has 5 nitrogen and oxygen atoms in total. The van der Waals surface area contributed by atoms with Crippen LogP contribution >= 0.6 is 0 Å². The Hall–Kier alpha value is -1.65. The van der Waals surface area contributed by atoms with Gasteiger partial charge in [-0.2, -0.15) is 0 Å². The van der Waals surface area contributed by atoms with Crippen LogP contribution in [0.15, 0.2) is 6.07 Å². The SMILES string of the molecule is CCN(C)C(=O)C(C)Nc1cc(C)nc(C)n1. The summed E-state index contributed by atoms with van der Waals surface area (Å²) in [7, 11) is 1.79. The van der Waals surface area contributed by atoms with Crippen molar-refractivity contribution in [2.24, 2.45) is 0 Å². The fourth-order valence-electron chi connectivity index (χ4n) is 1.56. The lowest BCUT2D eigenvalue weighted by atomic mass is 10.3. The summed E-state index contributed by atoms with van der Waals surface area (Å²) >= 11 is 0. The van der Waals surface area contributed by atoms with Crippen LogP contribution < -0.4 is 5.32 Å². The molecule has 0 aliphatic carbocycles. The Labute approximate surface area is 102 Å². The lowest BCUT2D eigenvalue weighted by Gasteiger charge is -2.21. The Bertz CT molecular complexity index is 385. The number of aryl methyl sites for hydroxylation is 2. The van der Waals surface area contributed by atoms with Crippen molar-refractivity contribution in [2.45, 2.75) is 33.7 Å². The van der Waals surface area contributed by atoms with Crippen LogP contribution in [0, 0.1) is 13.8 Å². The van der Waals surface area contributed by atoms with E-state index in [9.17, 15) is 4.79 Å². The highest BCUT2D eigenvalue weighted by molar-refractivity contribution is 5.83. The Morgan fingerprint density at radius 1 is 1.47 bits per heavy atom. The van der Waals surface area contributed by atoms with E-state index in [4.69, 9.17) is 0 Å². The summed E-state index contributed by atoms with van der Waals surface area (Å²) in [6.45, 7) is 8.23. The second-order valence-electron chi connectivity index (χ2n) is 4.16. The summed E-state index contributed by atoms with van der Waals surface area (Å²) in [4.78, 5) is 22.0. The molecule has 17 heavy (non-hydrogen) atoms. The van der Waals surface area contributed by atoms with E-state index in [2.05, 4.69) is 15.3 Å². The molecule has 0 bridgehead atoms. The molecule has 1 N–H and O–H groups in total. The van der Waals surface area contributed by atoms with Crippen LogP contribution in [0.1, 0.15) is 25.4 Å². The van der Waals surface area contributed by atoms with Crippen molar-refractivity contribution in [2.75, 3.05) is 18.9 Å². The molecule has 1 aromatic rings. The maximum atomic E-state index is 11.9. The van der Waals surface area contributed by atoms with Crippen molar-refractivity contribution in [3.05, 3.63) is 17.6 Å². The Balaban J connectivity index is 2.74. The Kier molecular flexibility index (Phi) is 4.43. The highest BCUT2D eigenvalue weighted by Crippen LogP contribution is 2.08. The molecule has 5 heteroatoms. The van der Waals surface area contributed by atoms with Crippen molar-refractivity contribution in [3.63, 3.8) is 0 Å². The van der Waals surface area contributed by atoms with Gasteiger partial charge in [0.1, 0.15) is 17.7 Å². The first-order chi connectivity index (χ1) is 7.93. The van der Waals surface area contributed by atoms with Gasteiger partial charge in [0.2, 0.25) is 5.91 Å². The van der Waals surface area contributed by atoms with Gasteiger partial charge in [-0.25, -0.2) is 9.97 Å². The minimum absolute atomic E-state index is 0.0569. The second kappa shape index (κ2) is 5.61. The number of nitrogens with zero attached hydrogens (tertiary/aromatic N) is 3. The molecule has 0 saturated heterocycles. The molecule has 1 heterocycles. The van der Waals surface area contributed by atoms with Crippen LogP contribution in [-0.4, -0.2) is 40.4 Å². The van der Waals surface area contributed by atoms with E-state index in [-0.39, 0.29) is 11.9 Å². The molecule has 0 radical (unpaired) electrons. The molecule has 0 fully saturated rings. The normalized spacial score (nSPS) is 12.1. The Morgan fingerprint density at radius 3 is 2.65 bits per heavy atom. The standard InChI is InChI=1S/C12H20N4O/c1-6-16(5)12(17)9(3)14-11-7-8(2)13-10(4)15-11/h7,9H,6H2,1-5H3,(H,13,14,15). The minimum atomic E-state index is -0.284. The topological polar surface area (TPSA) is 58.1 Å². The summed E-state index contributed by atoms with van der Waals surface area (Å²) in [5.74, 6) is 1.46. The molecule has 0 aliphatic rings. The van der Waals surface area contributed by atoms with Gasteiger partial charge in [0.05, 0.1) is 0 Å². The summed E-state index contributed by atoms with van der Waals surface area (Å²) in [5.41, 5.74) is 0.892. The predicted octanol–water partition coefficient (Wildman–Crippen LogP) is 1.37. The van der Waals surface area contributed by atoms with Crippen LogP contribution in [0.4, 0.5) is 5.82 Å². The number of carbonyl (C=O) groups excluding carboxylic acids is 1. The van der Waals surface area contributed by atoms with Gasteiger partial charge in [0.15, 0.2) is 0 Å². The number of carbonyl (C=O) groups is 1. The molecule has 1 unspecified atom stereocenters. The number of hydrogen-bond acceptors (Lipinski definition) is 4. The molecule has 94 valence electrons. The highest BCUT2D eigenvalue weighted by Gasteiger charge is 2.16. The fourth-order valence-corrected chi connectivity index (χ4v) is 1.56. The molecular formula is C12H20N4O. The van der Waals surface area contributed by atoms with Gasteiger partial charge in [-0.15, -0.1) is 0 Å². The number of aromatic nitrogens is 2. The number of hydrogen-bond donors (Lipinski definition) is 1. The van der Waals surface area contributed by atoms with Crippen LogP contribution in [0.5, 0.6) is 0 Å². The first kappa shape index (κ1) is 13.4. The molecule has 0 aromatic carbocycles. The maximum absolute atomic E-state index is 11.9. The molecule has 1 amide bonds. The molecular weight excluding hydrogens is 216 g/mol. The quantitative estimate of drug-likeness (QED) is 0.858. The van der Waals surface area contributed by atoms with Crippen molar-refractivity contribution in [1.29, 1.82) is 0 Å². The zero-order valence-electron chi connectivity index (χ0n) is 11.1. The predicted molar refractivity (Wildman–Crippen MR) is 67.9 cm³/mol. The molecule has 0 spiro atoms. The van der Waals surface area contributed by atoms with E-state index in [0.29, 0.717) is 18.2 Å². The van der Waals surface area contributed by atoms with Crippen molar-refractivity contribution < 1.29 is 4.79 Å². The monoisotopic (exact) mass is 236 g/mol. The fraction of sp³-hybridized carbons (Fsp3) is 0.583. The number of amides is 1. The lowest BCUT2D eigenvalue weighted by molar-refractivity contribution is -0.130. The van der Waals surface area contributed by atoms with Gasteiger partial charge < -0.3 is 10.2 Å². The van der Waals surface area contributed by atoms with Gasteiger partial charge in [-0.05, 0) is 27.7 Å². The molecule has 1 atom stereocenters. The van der Waals surface area contributed by atoms with Gasteiger partial charge in [0.25, 0.3) is 0 Å². The summed E-state index contributed by atoms with van der Waals surface area (Å²) < 4.78 is 0. The van der Waals surface area contributed by atoms with E-state index in [0.717, 1.165) is 5.69 Å². The maximum Gasteiger partial charge on any atom is 0.244 e. The molecule has 0 saturated carbocycles. The molecule has 0 aliphatic heterocycles. The van der Waals surface area contributed by atoms with Crippen LogP contribution in [-0.2, 0) is 4.79 Å². The van der Waals surface area contributed by atoms with Crippen molar-refractivity contribution in [3.8, 4) is 0 Å². The first-order valence-corrected chi connectivity index (χ1v) is 5.77. The number of likely N-dealkylation sites (N-methyl/N-ethyl adjacent to an activating group) is 1. The van der Waals surface area contributed by atoms with Crippen LogP contribution in [0.2, 0.25) is 0 Å². The van der Waals surface area contributed by atoms with Crippen LogP contribution in [0.3, 0.4) is 0 Å². The lowest BCUT2D eigenvalue weighted by Crippen LogP contribution is -2.39.